The third kappa shape index (κ3) is 2.68. The first-order valence-corrected chi connectivity index (χ1v) is 5.57. The van der Waals surface area contributed by atoms with Crippen molar-refractivity contribution in [3.05, 3.63) is 47.3 Å². The van der Waals surface area contributed by atoms with Gasteiger partial charge in [0.15, 0.2) is 0 Å². The largest absolute Gasteiger partial charge is 0.457 e. The fourth-order valence-electron chi connectivity index (χ4n) is 1.69. The Balaban J connectivity index is 2.03. The van der Waals surface area contributed by atoms with Crippen LogP contribution in [0.4, 0.5) is 5.69 Å². The molecule has 2 aromatic rings. The lowest BCUT2D eigenvalue weighted by Crippen LogP contribution is -2.07. The predicted molar refractivity (Wildman–Crippen MR) is 67.9 cm³/mol. The van der Waals surface area contributed by atoms with Gasteiger partial charge in [-0.3, -0.25) is 4.68 Å². The first-order chi connectivity index (χ1) is 8.56. The molecule has 0 radical (unpaired) electrons. The molecule has 1 aromatic carbocycles. The van der Waals surface area contributed by atoms with Crippen molar-refractivity contribution in [2.24, 2.45) is 7.05 Å². The number of rotatable bonds is 3. The maximum atomic E-state index is 11.9. The lowest BCUT2D eigenvalue weighted by Gasteiger charge is -2.06. The van der Waals surface area contributed by atoms with Crippen molar-refractivity contribution in [2.45, 2.75) is 13.5 Å². The quantitative estimate of drug-likeness (QED) is 0.659. The standard InChI is InChI=1S/C13H15N3O2/c1-9-5-11(14)3-4-12(9)13(17)18-8-10-6-15-16(2)7-10/h3-7H,8,14H2,1-2H3. The molecule has 1 aromatic heterocycles. The van der Waals surface area contributed by atoms with Crippen molar-refractivity contribution in [1.29, 1.82) is 0 Å². The molecule has 0 fully saturated rings. The summed E-state index contributed by atoms with van der Waals surface area (Å²) in [7, 11) is 1.81. The zero-order valence-corrected chi connectivity index (χ0v) is 10.4. The number of benzene rings is 1. The Kier molecular flexibility index (Phi) is 3.32. The molecule has 0 atom stereocenters. The Labute approximate surface area is 105 Å². The lowest BCUT2D eigenvalue weighted by molar-refractivity contribution is 0.0472. The molecular weight excluding hydrogens is 230 g/mol. The topological polar surface area (TPSA) is 70.1 Å². The Morgan fingerprint density at radius 1 is 1.50 bits per heavy atom. The normalized spacial score (nSPS) is 10.3. The molecule has 0 unspecified atom stereocenters. The number of esters is 1. The zero-order valence-electron chi connectivity index (χ0n) is 10.4. The number of nitrogens with two attached hydrogens (primary N) is 1. The summed E-state index contributed by atoms with van der Waals surface area (Å²) in [4.78, 5) is 11.9. The first kappa shape index (κ1) is 12.2. The van der Waals surface area contributed by atoms with Crippen LogP contribution in [0.25, 0.3) is 0 Å². The second-order valence-corrected chi connectivity index (χ2v) is 4.17. The van der Waals surface area contributed by atoms with E-state index in [4.69, 9.17) is 10.5 Å². The van der Waals surface area contributed by atoms with E-state index in [-0.39, 0.29) is 12.6 Å². The van der Waals surface area contributed by atoms with Crippen LogP contribution in [0.1, 0.15) is 21.5 Å². The number of aromatic nitrogens is 2. The van der Waals surface area contributed by atoms with Crippen molar-refractivity contribution in [3.63, 3.8) is 0 Å². The molecule has 5 nitrogen and oxygen atoms in total. The van der Waals surface area contributed by atoms with E-state index in [9.17, 15) is 4.79 Å². The summed E-state index contributed by atoms with van der Waals surface area (Å²) < 4.78 is 6.88. The van der Waals surface area contributed by atoms with Crippen molar-refractivity contribution in [1.82, 2.24) is 9.78 Å². The number of carbonyl (C=O) groups excluding carboxylic acids is 1. The van der Waals surface area contributed by atoms with Crippen LogP contribution < -0.4 is 5.73 Å². The number of nitrogens with zero attached hydrogens (tertiary/aromatic N) is 2. The van der Waals surface area contributed by atoms with E-state index in [1.807, 2.05) is 20.2 Å². The highest BCUT2D eigenvalue weighted by Crippen LogP contribution is 2.14. The highest BCUT2D eigenvalue weighted by atomic mass is 16.5. The number of anilines is 1. The van der Waals surface area contributed by atoms with Gasteiger partial charge in [0, 0.05) is 24.5 Å². The Bertz CT molecular complexity index is 575. The number of aryl methyl sites for hydroxylation is 2. The first-order valence-electron chi connectivity index (χ1n) is 5.57. The van der Waals surface area contributed by atoms with Crippen LogP contribution >= 0.6 is 0 Å². The SMILES string of the molecule is Cc1cc(N)ccc1C(=O)OCc1cnn(C)c1. The van der Waals surface area contributed by atoms with E-state index in [2.05, 4.69) is 5.10 Å². The maximum Gasteiger partial charge on any atom is 0.338 e. The fraction of sp³-hybridized carbons (Fsp3) is 0.231. The minimum Gasteiger partial charge on any atom is -0.457 e. The molecule has 2 rings (SSSR count). The molecule has 18 heavy (non-hydrogen) atoms. The summed E-state index contributed by atoms with van der Waals surface area (Å²) in [5.41, 5.74) is 8.47. The van der Waals surface area contributed by atoms with Gasteiger partial charge in [0.1, 0.15) is 6.61 Å². The highest BCUT2D eigenvalue weighted by Gasteiger charge is 2.11. The number of ether oxygens (including phenoxy) is 1. The van der Waals surface area contributed by atoms with E-state index in [1.54, 1.807) is 29.1 Å². The molecule has 0 aliphatic rings. The third-order valence-electron chi connectivity index (χ3n) is 2.60. The van der Waals surface area contributed by atoms with Crippen LogP contribution in [0, 0.1) is 6.92 Å². The van der Waals surface area contributed by atoms with Gasteiger partial charge in [0.2, 0.25) is 0 Å². The molecule has 1 heterocycles. The van der Waals surface area contributed by atoms with E-state index in [0.717, 1.165) is 11.1 Å². The summed E-state index contributed by atoms with van der Waals surface area (Å²) in [5, 5.41) is 4.01. The average Bonchev–Trinajstić information content (AvgIpc) is 2.72. The summed E-state index contributed by atoms with van der Waals surface area (Å²) in [5.74, 6) is -0.351. The van der Waals surface area contributed by atoms with Crippen molar-refractivity contribution < 1.29 is 9.53 Å². The third-order valence-corrected chi connectivity index (χ3v) is 2.60. The molecule has 0 aliphatic carbocycles. The van der Waals surface area contributed by atoms with Crippen LogP contribution in [0.5, 0.6) is 0 Å². The number of carbonyl (C=O) groups is 1. The second kappa shape index (κ2) is 4.91. The monoisotopic (exact) mass is 245 g/mol. The maximum absolute atomic E-state index is 11.9. The van der Waals surface area contributed by atoms with Crippen LogP contribution in [0.15, 0.2) is 30.6 Å². The van der Waals surface area contributed by atoms with E-state index in [1.165, 1.54) is 0 Å². The molecule has 0 bridgehead atoms. The molecule has 0 saturated carbocycles. The average molecular weight is 245 g/mol. The van der Waals surface area contributed by atoms with Gasteiger partial charge < -0.3 is 10.5 Å². The lowest BCUT2D eigenvalue weighted by atomic mass is 10.1. The fourth-order valence-corrected chi connectivity index (χ4v) is 1.69. The summed E-state index contributed by atoms with van der Waals surface area (Å²) >= 11 is 0. The number of nitrogen functional groups attached to an aromatic ring is 1. The highest BCUT2D eigenvalue weighted by molar-refractivity contribution is 5.91. The second-order valence-electron chi connectivity index (χ2n) is 4.17. The molecule has 94 valence electrons. The minimum atomic E-state index is -0.351. The van der Waals surface area contributed by atoms with Crippen LogP contribution in [-0.2, 0) is 18.4 Å². The van der Waals surface area contributed by atoms with E-state index < -0.39 is 0 Å². The van der Waals surface area contributed by atoms with Crippen LogP contribution in [-0.4, -0.2) is 15.7 Å². The zero-order chi connectivity index (χ0) is 13.1. The molecular formula is C13H15N3O2. The molecule has 2 N–H and O–H groups in total. The molecule has 0 spiro atoms. The Hall–Kier alpha value is -2.30. The van der Waals surface area contributed by atoms with Gasteiger partial charge in [-0.2, -0.15) is 5.10 Å². The van der Waals surface area contributed by atoms with Gasteiger partial charge in [-0.25, -0.2) is 4.79 Å². The predicted octanol–water partition coefficient (Wildman–Crippen LogP) is 1.67. The van der Waals surface area contributed by atoms with Crippen LogP contribution in [0.2, 0.25) is 0 Å². The van der Waals surface area contributed by atoms with Gasteiger partial charge in [-0.15, -0.1) is 0 Å². The minimum absolute atomic E-state index is 0.219. The van der Waals surface area contributed by atoms with Crippen molar-refractivity contribution in [3.8, 4) is 0 Å². The van der Waals surface area contributed by atoms with E-state index in [0.29, 0.717) is 11.3 Å². The summed E-state index contributed by atoms with van der Waals surface area (Å²) in [6.07, 6.45) is 3.48. The van der Waals surface area contributed by atoms with Gasteiger partial charge in [-0.05, 0) is 30.7 Å². The van der Waals surface area contributed by atoms with Gasteiger partial charge >= 0.3 is 5.97 Å². The van der Waals surface area contributed by atoms with Crippen molar-refractivity contribution >= 4 is 11.7 Å². The Morgan fingerprint density at radius 2 is 2.28 bits per heavy atom. The van der Waals surface area contributed by atoms with Gasteiger partial charge in [0.05, 0.1) is 11.8 Å². The molecule has 5 heteroatoms. The molecule has 0 amide bonds. The van der Waals surface area contributed by atoms with E-state index >= 15 is 0 Å². The Morgan fingerprint density at radius 3 is 2.89 bits per heavy atom. The number of hydrogen-bond donors (Lipinski definition) is 1. The van der Waals surface area contributed by atoms with Crippen LogP contribution in [0.3, 0.4) is 0 Å². The molecule has 0 saturated heterocycles. The van der Waals surface area contributed by atoms with Crippen molar-refractivity contribution in [2.75, 3.05) is 5.73 Å². The number of hydrogen-bond acceptors (Lipinski definition) is 4. The summed E-state index contributed by atoms with van der Waals surface area (Å²) in [6.45, 7) is 2.05. The van der Waals surface area contributed by atoms with Gasteiger partial charge in [-0.1, -0.05) is 0 Å². The molecule has 0 aliphatic heterocycles. The summed E-state index contributed by atoms with van der Waals surface area (Å²) in [6, 6.07) is 5.12. The van der Waals surface area contributed by atoms with Gasteiger partial charge in [0.25, 0.3) is 0 Å². The smallest absolute Gasteiger partial charge is 0.338 e.